The molecule has 0 saturated heterocycles. The minimum atomic E-state index is -1.37. The first kappa shape index (κ1) is 21.1. The monoisotopic (exact) mass is 404 g/mol. The van der Waals surface area contributed by atoms with E-state index < -0.39 is 29.3 Å². The molecular formula is C19H20N2O6S. The third-order valence-corrected chi connectivity index (χ3v) is 4.52. The minimum Gasteiger partial charge on any atom is -0.495 e. The predicted octanol–water partition coefficient (Wildman–Crippen LogP) is 2.19. The Hall–Kier alpha value is -3.20. The van der Waals surface area contributed by atoms with Crippen molar-refractivity contribution in [2.24, 2.45) is 0 Å². The number of carbonyl (C=O) groups excluding carboxylic acids is 3. The lowest BCUT2D eigenvalue weighted by molar-refractivity contribution is -0.119. The molecule has 1 atom stereocenters. The van der Waals surface area contributed by atoms with E-state index in [0.29, 0.717) is 22.0 Å². The summed E-state index contributed by atoms with van der Waals surface area (Å²) >= 11 is 0. The summed E-state index contributed by atoms with van der Waals surface area (Å²) in [6.45, 7) is 0.820. The Morgan fingerprint density at radius 1 is 1.07 bits per heavy atom. The normalized spacial score (nSPS) is 11.2. The summed E-state index contributed by atoms with van der Waals surface area (Å²) in [4.78, 5) is 35.9. The van der Waals surface area contributed by atoms with E-state index in [2.05, 4.69) is 10.6 Å². The first-order chi connectivity index (χ1) is 13.3. The third-order valence-electron chi connectivity index (χ3n) is 3.54. The number of ether oxygens (including phenoxy) is 2. The van der Waals surface area contributed by atoms with Crippen molar-refractivity contribution in [1.82, 2.24) is 0 Å². The summed E-state index contributed by atoms with van der Waals surface area (Å²) in [5.41, 5.74) is 0.922. The molecule has 2 aromatic carbocycles. The zero-order chi connectivity index (χ0) is 20.7. The van der Waals surface area contributed by atoms with Crippen molar-refractivity contribution in [3.8, 4) is 5.75 Å². The summed E-state index contributed by atoms with van der Waals surface area (Å²) in [5, 5.41) is 5.17. The third kappa shape index (κ3) is 5.65. The highest BCUT2D eigenvalue weighted by Gasteiger charge is 2.17. The van der Waals surface area contributed by atoms with E-state index >= 15 is 0 Å². The van der Waals surface area contributed by atoms with Crippen LogP contribution in [0.25, 0.3) is 0 Å². The number of nitrogens with one attached hydrogen (secondary N) is 2. The van der Waals surface area contributed by atoms with Gasteiger partial charge in [-0.05, 0) is 30.3 Å². The van der Waals surface area contributed by atoms with Gasteiger partial charge in [-0.2, -0.15) is 0 Å². The smallest absolute Gasteiger partial charge is 0.339 e. The van der Waals surface area contributed by atoms with Gasteiger partial charge in [0.05, 0.1) is 34.1 Å². The largest absolute Gasteiger partial charge is 0.495 e. The molecule has 0 fully saturated rings. The fourth-order valence-electron chi connectivity index (χ4n) is 2.37. The van der Waals surface area contributed by atoms with Crippen LogP contribution in [0.2, 0.25) is 0 Å². The van der Waals surface area contributed by atoms with Gasteiger partial charge in [0.25, 0.3) is 5.91 Å². The van der Waals surface area contributed by atoms with E-state index in [-0.39, 0.29) is 11.5 Å². The highest BCUT2D eigenvalue weighted by Crippen LogP contribution is 2.27. The van der Waals surface area contributed by atoms with Crippen LogP contribution in [-0.2, 0) is 25.1 Å². The van der Waals surface area contributed by atoms with Crippen molar-refractivity contribution in [3.05, 3.63) is 48.0 Å². The van der Waals surface area contributed by atoms with Crippen LogP contribution in [0.15, 0.2) is 47.4 Å². The van der Waals surface area contributed by atoms with Gasteiger partial charge < -0.3 is 20.1 Å². The van der Waals surface area contributed by atoms with E-state index in [1.165, 1.54) is 32.4 Å². The van der Waals surface area contributed by atoms with Crippen molar-refractivity contribution in [2.75, 3.05) is 30.6 Å². The molecule has 0 aliphatic heterocycles. The molecule has 2 amide bonds. The second kappa shape index (κ2) is 9.65. The highest BCUT2D eigenvalue weighted by atomic mass is 32.2. The molecule has 0 aromatic heterocycles. The lowest BCUT2D eigenvalue weighted by atomic mass is 10.2. The van der Waals surface area contributed by atoms with Gasteiger partial charge in [0.15, 0.2) is 6.61 Å². The molecule has 2 N–H and O–H groups in total. The number of methoxy groups -OCH3 is 1. The summed E-state index contributed by atoms with van der Waals surface area (Å²) < 4.78 is 21.9. The van der Waals surface area contributed by atoms with Gasteiger partial charge in [-0.15, -0.1) is 0 Å². The molecule has 0 radical (unpaired) electrons. The molecule has 148 valence electrons. The number of amides is 2. The first-order valence-corrected chi connectivity index (χ1v) is 9.72. The van der Waals surface area contributed by atoms with E-state index in [1.807, 2.05) is 0 Å². The second-order valence-corrected chi connectivity index (χ2v) is 7.02. The maximum atomic E-state index is 12.2. The molecule has 0 unspecified atom stereocenters. The number of hydrogen-bond donors (Lipinski definition) is 2. The molecule has 2 aromatic rings. The average Bonchev–Trinajstić information content (AvgIpc) is 2.66. The van der Waals surface area contributed by atoms with Gasteiger partial charge in [0, 0.05) is 18.9 Å². The quantitative estimate of drug-likeness (QED) is 0.685. The predicted molar refractivity (Wildman–Crippen MR) is 105 cm³/mol. The Kier molecular flexibility index (Phi) is 7.28. The SMILES string of the molecule is COc1ccc(NC(C)=O)cc1NC(=O)COC(=O)c1ccccc1[S@](C)=O. The van der Waals surface area contributed by atoms with Crippen LogP contribution in [-0.4, -0.2) is 42.0 Å². The Labute approximate surface area is 164 Å². The van der Waals surface area contributed by atoms with Crippen molar-refractivity contribution in [1.29, 1.82) is 0 Å². The highest BCUT2D eigenvalue weighted by molar-refractivity contribution is 7.84. The van der Waals surface area contributed by atoms with Gasteiger partial charge in [-0.1, -0.05) is 12.1 Å². The summed E-state index contributed by atoms with van der Waals surface area (Å²) in [7, 11) is 0.0641. The van der Waals surface area contributed by atoms with Gasteiger partial charge in [0.2, 0.25) is 5.91 Å². The Bertz CT molecular complexity index is 928. The van der Waals surface area contributed by atoms with Crippen LogP contribution in [0, 0.1) is 0 Å². The maximum Gasteiger partial charge on any atom is 0.339 e. The Morgan fingerprint density at radius 2 is 1.79 bits per heavy atom. The zero-order valence-electron chi connectivity index (χ0n) is 15.6. The van der Waals surface area contributed by atoms with Gasteiger partial charge in [0.1, 0.15) is 5.75 Å². The Morgan fingerprint density at radius 3 is 2.43 bits per heavy atom. The lowest BCUT2D eigenvalue weighted by Crippen LogP contribution is -2.22. The summed E-state index contributed by atoms with van der Waals surface area (Å²) in [5.74, 6) is -1.23. The van der Waals surface area contributed by atoms with E-state index in [0.717, 1.165) is 0 Å². The lowest BCUT2D eigenvalue weighted by Gasteiger charge is -2.13. The zero-order valence-corrected chi connectivity index (χ0v) is 16.4. The van der Waals surface area contributed by atoms with Crippen molar-refractivity contribution in [3.63, 3.8) is 0 Å². The molecule has 0 spiro atoms. The molecule has 9 heteroatoms. The van der Waals surface area contributed by atoms with Crippen LogP contribution in [0.4, 0.5) is 11.4 Å². The number of esters is 1. The number of benzene rings is 2. The van der Waals surface area contributed by atoms with E-state index in [4.69, 9.17) is 9.47 Å². The molecule has 0 heterocycles. The number of carbonyl (C=O) groups is 3. The van der Waals surface area contributed by atoms with Crippen LogP contribution in [0.5, 0.6) is 5.75 Å². The molecule has 8 nitrogen and oxygen atoms in total. The summed E-state index contributed by atoms with van der Waals surface area (Å²) in [6, 6.07) is 11.1. The molecular weight excluding hydrogens is 384 g/mol. The van der Waals surface area contributed by atoms with E-state index in [1.54, 1.807) is 30.3 Å². The molecule has 0 bridgehead atoms. The van der Waals surface area contributed by atoms with E-state index in [9.17, 15) is 18.6 Å². The topological polar surface area (TPSA) is 111 Å². The van der Waals surface area contributed by atoms with Gasteiger partial charge >= 0.3 is 5.97 Å². The van der Waals surface area contributed by atoms with Crippen molar-refractivity contribution >= 4 is 40.0 Å². The molecule has 0 aliphatic rings. The first-order valence-electron chi connectivity index (χ1n) is 8.17. The maximum absolute atomic E-state index is 12.2. The molecule has 2 rings (SSSR count). The molecule has 28 heavy (non-hydrogen) atoms. The van der Waals surface area contributed by atoms with Gasteiger partial charge in [-0.3, -0.25) is 13.8 Å². The standard InChI is InChI=1S/C19H20N2O6S/c1-12(22)20-13-8-9-16(26-2)15(10-13)21-18(23)11-27-19(24)14-6-4-5-7-17(14)28(3)25/h4-10H,11H2,1-3H3,(H,20,22)(H,21,23)/t28-/m0/s1. The molecule has 0 aliphatic carbocycles. The fourth-order valence-corrected chi connectivity index (χ4v) is 3.10. The van der Waals surface area contributed by atoms with Crippen LogP contribution in [0.3, 0.4) is 0 Å². The van der Waals surface area contributed by atoms with Crippen molar-refractivity contribution in [2.45, 2.75) is 11.8 Å². The minimum absolute atomic E-state index is 0.140. The fraction of sp³-hybridized carbons (Fsp3) is 0.211. The average molecular weight is 404 g/mol. The second-order valence-electron chi connectivity index (χ2n) is 5.67. The van der Waals surface area contributed by atoms with Crippen LogP contribution < -0.4 is 15.4 Å². The van der Waals surface area contributed by atoms with Gasteiger partial charge in [-0.25, -0.2) is 4.79 Å². The van der Waals surface area contributed by atoms with Crippen LogP contribution >= 0.6 is 0 Å². The molecule has 0 saturated carbocycles. The number of hydrogen-bond acceptors (Lipinski definition) is 6. The Balaban J connectivity index is 2.05. The number of rotatable bonds is 7. The van der Waals surface area contributed by atoms with Crippen LogP contribution in [0.1, 0.15) is 17.3 Å². The van der Waals surface area contributed by atoms with Crippen molar-refractivity contribution < 1.29 is 28.1 Å². The number of anilines is 2. The summed E-state index contributed by atoms with van der Waals surface area (Å²) in [6.07, 6.45) is 1.45.